The fourth-order valence-electron chi connectivity index (χ4n) is 5.82. The van der Waals surface area contributed by atoms with Crippen molar-refractivity contribution in [2.45, 2.75) is 26.7 Å². The lowest BCUT2D eigenvalue weighted by Gasteiger charge is -2.11. The summed E-state index contributed by atoms with van der Waals surface area (Å²) in [7, 11) is 0. The van der Waals surface area contributed by atoms with Gasteiger partial charge < -0.3 is 0 Å². The lowest BCUT2D eigenvalue weighted by molar-refractivity contribution is 0.560. The van der Waals surface area contributed by atoms with E-state index in [9.17, 15) is 10.5 Å². The highest BCUT2D eigenvalue weighted by atomic mass is 14.8. The number of hydrogen-bond acceptors (Lipinski definition) is 5. The number of aromatic nitrogens is 2. The summed E-state index contributed by atoms with van der Waals surface area (Å²) in [5.74, 6) is 0.489. The number of benzene rings is 4. The van der Waals surface area contributed by atoms with Crippen molar-refractivity contribution in [3.63, 3.8) is 0 Å². The first kappa shape index (κ1) is 23.0. The number of rotatable bonds is 4. The Morgan fingerprint density at radius 1 is 0.821 bits per heavy atom. The quantitative estimate of drug-likeness (QED) is 0.268. The summed E-state index contributed by atoms with van der Waals surface area (Å²) >= 11 is 0. The molecule has 0 saturated heterocycles. The van der Waals surface area contributed by atoms with Crippen molar-refractivity contribution in [3.05, 3.63) is 87.9 Å². The summed E-state index contributed by atoms with van der Waals surface area (Å²) in [5.41, 5.74) is 8.49. The highest BCUT2D eigenvalue weighted by Crippen LogP contribution is 2.47. The van der Waals surface area contributed by atoms with E-state index < -0.39 is 0 Å². The van der Waals surface area contributed by atoms with Gasteiger partial charge in [0.15, 0.2) is 0 Å². The minimum absolute atomic E-state index is 0.489. The zero-order chi connectivity index (χ0) is 26.8. The van der Waals surface area contributed by atoms with E-state index in [2.05, 4.69) is 56.8 Å². The lowest BCUT2D eigenvalue weighted by atomic mass is 9.96. The summed E-state index contributed by atoms with van der Waals surface area (Å²) < 4.78 is 0. The van der Waals surface area contributed by atoms with Crippen LogP contribution < -0.4 is 10.6 Å². The molecule has 6 aromatic rings. The molecule has 1 aliphatic rings. The van der Waals surface area contributed by atoms with Crippen molar-refractivity contribution < 1.29 is 0 Å². The fourth-order valence-corrected chi connectivity index (χ4v) is 5.82. The van der Waals surface area contributed by atoms with Gasteiger partial charge in [0.25, 0.3) is 0 Å². The highest BCUT2D eigenvalue weighted by molar-refractivity contribution is 6.25. The van der Waals surface area contributed by atoms with Crippen molar-refractivity contribution in [2.24, 2.45) is 10.9 Å². The topological polar surface area (TPSA) is 85.7 Å². The Kier molecular flexibility index (Phi) is 4.99. The maximum atomic E-state index is 9.49. The minimum Gasteiger partial charge on any atom is -0.247 e. The number of fused-ring (bicyclic) bond motifs is 4. The fraction of sp³-hybridized carbons (Fsp3) is 0.147. The molecule has 184 valence electrons. The van der Waals surface area contributed by atoms with E-state index in [1.807, 2.05) is 24.3 Å². The van der Waals surface area contributed by atoms with Crippen LogP contribution in [0.5, 0.6) is 0 Å². The molecule has 0 radical (unpaired) electrons. The van der Waals surface area contributed by atoms with Gasteiger partial charge in [-0.1, -0.05) is 51.1 Å². The Labute approximate surface area is 225 Å². The van der Waals surface area contributed by atoms with Gasteiger partial charge in [0.1, 0.15) is 0 Å². The molecule has 1 unspecified atom stereocenters. The summed E-state index contributed by atoms with van der Waals surface area (Å²) in [4.78, 5) is 15.1. The van der Waals surface area contributed by atoms with E-state index in [4.69, 9.17) is 15.0 Å². The summed E-state index contributed by atoms with van der Waals surface area (Å²) in [5, 5.41) is 25.0. The van der Waals surface area contributed by atoms with Crippen molar-refractivity contribution in [1.82, 2.24) is 9.97 Å². The molecule has 5 heteroatoms. The van der Waals surface area contributed by atoms with E-state index in [1.54, 1.807) is 12.1 Å². The molecule has 1 heterocycles. The number of nitrogens with zero attached hydrogens (tertiary/aromatic N) is 5. The van der Waals surface area contributed by atoms with E-state index in [0.717, 1.165) is 84.2 Å². The molecular formula is C34H23N5. The standard InChI is InChI=1S/C34H23N5/c1-4-18(2)13-22-14-20(16-35)5-11-27(22)37-32-19(3)23-7-8-25-31-26(10-9-24(32)30(23)31)33-34(25)39-29-15-21(17-36)6-12-28(29)38-33/h5-12,14-15,18H,3-4,13H2,1-2H3. The predicted octanol–water partition coefficient (Wildman–Crippen LogP) is 6.71. The van der Waals surface area contributed by atoms with E-state index >= 15 is 0 Å². The SMILES string of the molecule is C=c1c(=Nc2ccc(C#N)cc2CC(C)CC)c2ccc3c4c(ccc1c42)-c1nc2cc(C#N)ccc2nc1-3. The Bertz CT molecular complexity index is 2200. The third-order valence-corrected chi connectivity index (χ3v) is 8.04. The monoisotopic (exact) mass is 501 g/mol. The van der Waals surface area contributed by atoms with Gasteiger partial charge in [-0.15, -0.1) is 0 Å². The van der Waals surface area contributed by atoms with Crippen LogP contribution in [0.15, 0.2) is 65.7 Å². The normalized spacial score (nSPS) is 13.2. The second-order valence-electron chi connectivity index (χ2n) is 10.4. The molecule has 5 nitrogen and oxygen atoms in total. The summed E-state index contributed by atoms with van der Waals surface area (Å²) in [6, 6.07) is 24.1. The predicted molar refractivity (Wildman–Crippen MR) is 155 cm³/mol. The van der Waals surface area contributed by atoms with Crippen LogP contribution in [0.1, 0.15) is 37.0 Å². The maximum Gasteiger partial charge on any atom is 0.0992 e. The second-order valence-corrected chi connectivity index (χ2v) is 10.4. The molecule has 0 bridgehead atoms. The molecule has 7 rings (SSSR count). The van der Waals surface area contributed by atoms with Crippen molar-refractivity contribution in [2.75, 3.05) is 0 Å². The lowest BCUT2D eigenvalue weighted by Crippen LogP contribution is -2.19. The molecule has 39 heavy (non-hydrogen) atoms. The van der Waals surface area contributed by atoms with Gasteiger partial charge >= 0.3 is 0 Å². The number of nitriles is 2. The van der Waals surface area contributed by atoms with Gasteiger partial charge in [-0.05, 0) is 59.7 Å². The van der Waals surface area contributed by atoms with Gasteiger partial charge in [0.2, 0.25) is 0 Å². The van der Waals surface area contributed by atoms with Crippen LogP contribution in [0, 0.1) is 28.6 Å². The van der Waals surface area contributed by atoms with Gasteiger partial charge in [0.05, 0.1) is 56.7 Å². The molecule has 1 aromatic heterocycles. The van der Waals surface area contributed by atoms with Gasteiger partial charge in [-0.25, -0.2) is 15.0 Å². The third kappa shape index (κ3) is 3.34. The van der Waals surface area contributed by atoms with E-state index in [1.165, 1.54) is 0 Å². The van der Waals surface area contributed by atoms with Crippen LogP contribution >= 0.6 is 0 Å². The number of hydrogen-bond donors (Lipinski definition) is 0. The average Bonchev–Trinajstić information content (AvgIpc) is 3.42. The van der Waals surface area contributed by atoms with Crippen LogP contribution in [0.2, 0.25) is 0 Å². The maximum absolute atomic E-state index is 9.49. The van der Waals surface area contributed by atoms with Gasteiger partial charge in [0, 0.05) is 32.5 Å². The largest absolute Gasteiger partial charge is 0.247 e. The molecule has 1 aliphatic carbocycles. The van der Waals surface area contributed by atoms with Crippen LogP contribution in [0.4, 0.5) is 5.69 Å². The van der Waals surface area contributed by atoms with E-state index in [-0.39, 0.29) is 0 Å². The van der Waals surface area contributed by atoms with E-state index in [0.29, 0.717) is 22.6 Å². The molecule has 0 amide bonds. The third-order valence-electron chi connectivity index (χ3n) is 8.04. The first-order valence-electron chi connectivity index (χ1n) is 13.1. The van der Waals surface area contributed by atoms with Gasteiger partial charge in [-0.3, -0.25) is 0 Å². The minimum atomic E-state index is 0.489. The Balaban J connectivity index is 1.49. The van der Waals surface area contributed by atoms with Crippen LogP contribution in [0.3, 0.4) is 0 Å². The molecule has 0 saturated carbocycles. The Hall–Kier alpha value is -5.13. The average molecular weight is 502 g/mol. The van der Waals surface area contributed by atoms with Gasteiger partial charge in [-0.2, -0.15) is 10.5 Å². The molecule has 0 fully saturated rings. The second kappa shape index (κ2) is 8.45. The first-order chi connectivity index (χ1) is 19.0. The Morgan fingerprint density at radius 2 is 1.49 bits per heavy atom. The smallest absolute Gasteiger partial charge is 0.0992 e. The molecule has 1 atom stereocenters. The van der Waals surface area contributed by atoms with Crippen LogP contribution in [-0.2, 0) is 6.42 Å². The van der Waals surface area contributed by atoms with Crippen molar-refractivity contribution in [1.29, 1.82) is 10.5 Å². The van der Waals surface area contributed by atoms with Crippen LogP contribution in [0.25, 0.3) is 61.7 Å². The Morgan fingerprint density at radius 3 is 2.21 bits per heavy atom. The zero-order valence-corrected chi connectivity index (χ0v) is 21.7. The molecule has 0 aliphatic heterocycles. The first-order valence-corrected chi connectivity index (χ1v) is 13.1. The van der Waals surface area contributed by atoms with Crippen LogP contribution in [-0.4, -0.2) is 9.97 Å². The summed E-state index contributed by atoms with van der Waals surface area (Å²) in [6.45, 7) is 8.87. The molecule has 0 spiro atoms. The highest BCUT2D eigenvalue weighted by Gasteiger charge is 2.27. The molecule has 5 aromatic carbocycles. The summed E-state index contributed by atoms with van der Waals surface area (Å²) in [6.07, 6.45) is 1.93. The molecule has 0 N–H and O–H groups in total. The zero-order valence-electron chi connectivity index (χ0n) is 21.7. The molecular weight excluding hydrogens is 478 g/mol. The van der Waals surface area contributed by atoms with Crippen molar-refractivity contribution >= 4 is 44.8 Å². The van der Waals surface area contributed by atoms with Crippen molar-refractivity contribution in [3.8, 4) is 34.7 Å².